The molecule has 0 unspecified atom stereocenters. The molecule has 1 fully saturated rings. The van der Waals surface area contributed by atoms with Crippen LogP contribution in [0.15, 0.2) is 20.0 Å². The fourth-order valence-corrected chi connectivity index (χ4v) is 4.86. The van der Waals surface area contributed by atoms with Gasteiger partial charge in [0.15, 0.2) is 4.67 Å². The first-order valence-electron chi connectivity index (χ1n) is 6.88. The van der Waals surface area contributed by atoms with Gasteiger partial charge in [0.05, 0.1) is 0 Å². The number of carboxylic acids is 1. The second-order valence-corrected chi connectivity index (χ2v) is 7.70. The van der Waals surface area contributed by atoms with Crippen LogP contribution in [0.3, 0.4) is 0 Å². The topological polar surface area (TPSA) is 96.6 Å². The molecular formula is C13H18BrNO5S. The maximum absolute atomic E-state index is 12.3. The Morgan fingerprint density at radius 3 is 2.52 bits per heavy atom. The Balaban J connectivity index is 2.10. The summed E-state index contributed by atoms with van der Waals surface area (Å²) in [6.07, 6.45) is 4.75. The molecule has 1 aromatic rings. The molecule has 0 atom stereocenters. The number of aromatic carboxylic acids is 1. The highest BCUT2D eigenvalue weighted by Gasteiger charge is 2.29. The number of furan rings is 1. The van der Waals surface area contributed by atoms with Crippen molar-refractivity contribution in [1.82, 2.24) is 4.72 Å². The van der Waals surface area contributed by atoms with Crippen LogP contribution < -0.4 is 4.72 Å². The molecule has 0 bridgehead atoms. The molecule has 0 aliphatic heterocycles. The van der Waals surface area contributed by atoms with E-state index in [1.165, 1.54) is 0 Å². The molecule has 0 amide bonds. The molecule has 1 aromatic heterocycles. The Kier molecular flexibility index (Phi) is 5.11. The maximum atomic E-state index is 12.3. The molecule has 118 valence electrons. The number of rotatable bonds is 5. The van der Waals surface area contributed by atoms with E-state index in [1.54, 1.807) is 0 Å². The van der Waals surface area contributed by atoms with E-state index in [9.17, 15) is 13.2 Å². The van der Waals surface area contributed by atoms with Gasteiger partial charge in [-0.05, 0) is 47.5 Å². The van der Waals surface area contributed by atoms with Gasteiger partial charge in [0.25, 0.3) is 0 Å². The van der Waals surface area contributed by atoms with Crippen LogP contribution in [-0.4, -0.2) is 25.5 Å². The molecule has 6 nitrogen and oxygen atoms in total. The van der Waals surface area contributed by atoms with Crippen LogP contribution >= 0.6 is 15.9 Å². The van der Waals surface area contributed by atoms with Crippen molar-refractivity contribution in [2.75, 3.05) is 0 Å². The Morgan fingerprint density at radius 2 is 2.05 bits per heavy atom. The van der Waals surface area contributed by atoms with Crippen LogP contribution in [-0.2, 0) is 10.0 Å². The Bertz CT molecular complexity index is 617. The summed E-state index contributed by atoms with van der Waals surface area (Å²) >= 11 is 2.96. The zero-order valence-electron chi connectivity index (χ0n) is 11.6. The maximum Gasteiger partial charge on any atom is 0.371 e. The van der Waals surface area contributed by atoms with Crippen LogP contribution in [0.25, 0.3) is 0 Å². The van der Waals surface area contributed by atoms with Crippen molar-refractivity contribution in [3.8, 4) is 0 Å². The Morgan fingerprint density at radius 1 is 1.43 bits per heavy atom. The van der Waals surface area contributed by atoms with Crippen LogP contribution in [0.2, 0.25) is 0 Å². The molecule has 1 aliphatic carbocycles. The van der Waals surface area contributed by atoms with E-state index in [2.05, 4.69) is 27.6 Å². The van der Waals surface area contributed by atoms with Crippen molar-refractivity contribution in [3.63, 3.8) is 0 Å². The largest absolute Gasteiger partial charge is 0.475 e. The normalized spacial score (nSPS) is 23.1. The lowest BCUT2D eigenvalue weighted by molar-refractivity contribution is 0.0661. The molecule has 21 heavy (non-hydrogen) atoms. The number of carboxylic acid groups (broad SMARTS) is 1. The highest BCUT2D eigenvalue weighted by Crippen LogP contribution is 2.30. The van der Waals surface area contributed by atoms with Crippen molar-refractivity contribution < 1.29 is 22.7 Å². The molecule has 0 aromatic carbocycles. The van der Waals surface area contributed by atoms with Gasteiger partial charge >= 0.3 is 5.97 Å². The van der Waals surface area contributed by atoms with Crippen molar-refractivity contribution in [2.24, 2.45) is 5.92 Å². The van der Waals surface area contributed by atoms with Gasteiger partial charge in [-0.3, -0.25) is 0 Å². The molecule has 1 aliphatic rings. The minimum absolute atomic E-state index is 0.0883. The third kappa shape index (κ3) is 3.87. The predicted octanol–water partition coefficient (Wildman–Crippen LogP) is 2.99. The lowest BCUT2D eigenvalue weighted by atomic mass is 9.85. The summed E-state index contributed by atoms with van der Waals surface area (Å²) in [4.78, 5) is 10.7. The fraction of sp³-hybridized carbons (Fsp3) is 0.615. The fourth-order valence-electron chi connectivity index (χ4n) is 2.61. The van der Waals surface area contributed by atoms with Gasteiger partial charge in [0.1, 0.15) is 4.90 Å². The SMILES string of the molecule is CCC1CCC(NS(=O)(=O)c2cc(C(=O)O)oc2Br)CC1. The summed E-state index contributed by atoms with van der Waals surface area (Å²) < 4.78 is 32.1. The number of carbonyl (C=O) groups is 1. The second kappa shape index (κ2) is 6.50. The highest BCUT2D eigenvalue weighted by molar-refractivity contribution is 9.10. The number of sulfonamides is 1. The number of hydrogen-bond donors (Lipinski definition) is 2. The van der Waals surface area contributed by atoms with Crippen LogP contribution in [0.4, 0.5) is 0 Å². The molecule has 2 N–H and O–H groups in total. The Labute approximate surface area is 132 Å². The van der Waals surface area contributed by atoms with Gasteiger partial charge < -0.3 is 9.52 Å². The predicted molar refractivity (Wildman–Crippen MR) is 79.7 cm³/mol. The van der Waals surface area contributed by atoms with E-state index in [1.807, 2.05) is 0 Å². The molecule has 0 spiro atoms. The van der Waals surface area contributed by atoms with E-state index < -0.39 is 21.8 Å². The molecule has 1 heterocycles. The third-order valence-corrected chi connectivity index (χ3v) is 6.28. The van der Waals surface area contributed by atoms with Gasteiger partial charge in [0, 0.05) is 12.1 Å². The minimum Gasteiger partial charge on any atom is -0.475 e. The van der Waals surface area contributed by atoms with Gasteiger partial charge in [-0.25, -0.2) is 17.9 Å². The van der Waals surface area contributed by atoms with Crippen molar-refractivity contribution in [1.29, 1.82) is 0 Å². The number of nitrogens with one attached hydrogen (secondary N) is 1. The highest BCUT2D eigenvalue weighted by atomic mass is 79.9. The van der Waals surface area contributed by atoms with E-state index >= 15 is 0 Å². The summed E-state index contributed by atoms with van der Waals surface area (Å²) in [5, 5.41) is 8.84. The standard InChI is InChI=1S/C13H18BrNO5S/c1-2-8-3-5-9(6-4-8)15-21(18,19)11-7-10(13(16)17)20-12(11)14/h7-9,15H,2-6H2,1H3,(H,16,17). The summed E-state index contributed by atoms with van der Waals surface area (Å²) in [5.74, 6) is -1.04. The molecule has 0 radical (unpaired) electrons. The number of halogens is 1. The minimum atomic E-state index is -3.78. The van der Waals surface area contributed by atoms with Crippen molar-refractivity contribution >= 4 is 31.9 Å². The lowest BCUT2D eigenvalue weighted by Crippen LogP contribution is -2.37. The van der Waals surface area contributed by atoms with Gasteiger partial charge in [-0.1, -0.05) is 13.3 Å². The first kappa shape index (κ1) is 16.5. The Hall–Kier alpha value is -0.860. The van der Waals surface area contributed by atoms with E-state index in [0.717, 1.165) is 38.2 Å². The van der Waals surface area contributed by atoms with E-state index in [0.29, 0.717) is 5.92 Å². The summed E-state index contributed by atoms with van der Waals surface area (Å²) in [5.41, 5.74) is 0. The number of hydrogen-bond acceptors (Lipinski definition) is 4. The van der Waals surface area contributed by atoms with Crippen molar-refractivity contribution in [3.05, 3.63) is 16.5 Å². The van der Waals surface area contributed by atoms with Gasteiger partial charge in [-0.15, -0.1) is 0 Å². The summed E-state index contributed by atoms with van der Waals surface area (Å²) in [6, 6.07) is 0.916. The second-order valence-electron chi connectivity index (χ2n) is 5.30. The smallest absolute Gasteiger partial charge is 0.371 e. The van der Waals surface area contributed by atoms with Crippen LogP contribution in [0, 0.1) is 5.92 Å². The summed E-state index contributed by atoms with van der Waals surface area (Å²) in [6.45, 7) is 2.14. The van der Waals surface area contributed by atoms with Gasteiger partial charge in [0.2, 0.25) is 15.8 Å². The molecule has 2 rings (SSSR count). The first-order valence-corrected chi connectivity index (χ1v) is 9.16. The zero-order chi connectivity index (χ0) is 15.6. The zero-order valence-corrected chi connectivity index (χ0v) is 14.0. The van der Waals surface area contributed by atoms with Gasteiger partial charge in [-0.2, -0.15) is 0 Å². The quantitative estimate of drug-likeness (QED) is 0.819. The average molecular weight is 380 g/mol. The van der Waals surface area contributed by atoms with E-state index in [4.69, 9.17) is 9.52 Å². The molecule has 0 saturated heterocycles. The van der Waals surface area contributed by atoms with Crippen LogP contribution in [0.1, 0.15) is 49.6 Å². The first-order chi connectivity index (χ1) is 9.83. The molecule has 1 saturated carbocycles. The average Bonchev–Trinajstić information content (AvgIpc) is 2.82. The van der Waals surface area contributed by atoms with E-state index in [-0.39, 0.29) is 15.6 Å². The lowest BCUT2D eigenvalue weighted by Gasteiger charge is -2.28. The van der Waals surface area contributed by atoms with Crippen molar-refractivity contribution in [2.45, 2.75) is 50.0 Å². The monoisotopic (exact) mass is 379 g/mol. The van der Waals surface area contributed by atoms with Crippen LogP contribution in [0.5, 0.6) is 0 Å². The summed E-state index contributed by atoms with van der Waals surface area (Å²) in [7, 11) is -3.78. The molecule has 8 heteroatoms. The third-order valence-electron chi connectivity index (χ3n) is 3.90. The molecular weight excluding hydrogens is 362 g/mol.